The van der Waals surface area contributed by atoms with Crippen LogP contribution in [0.4, 0.5) is 16.2 Å². The first kappa shape index (κ1) is 18.4. The number of rotatable bonds is 5. The van der Waals surface area contributed by atoms with Gasteiger partial charge in [0, 0.05) is 57.1 Å². The number of para-hydroxylation sites is 2. The van der Waals surface area contributed by atoms with E-state index in [1.54, 1.807) is 7.11 Å². The molecule has 28 heavy (non-hydrogen) atoms. The second kappa shape index (κ2) is 8.35. The number of fused-ring (bicyclic) bond motifs is 1. The Hall–Kier alpha value is -2.99. The van der Waals surface area contributed by atoms with Crippen molar-refractivity contribution in [1.29, 1.82) is 0 Å². The van der Waals surface area contributed by atoms with E-state index in [1.807, 2.05) is 47.5 Å². The van der Waals surface area contributed by atoms with Crippen LogP contribution in [0.2, 0.25) is 0 Å². The molecule has 1 N–H and O–H groups in total. The maximum atomic E-state index is 12.8. The summed E-state index contributed by atoms with van der Waals surface area (Å²) in [6.45, 7) is 4.49. The number of hydrogen-bond donors (Lipinski definition) is 1. The fourth-order valence-corrected chi connectivity index (χ4v) is 3.72. The Labute approximate surface area is 165 Å². The van der Waals surface area contributed by atoms with Gasteiger partial charge in [-0.15, -0.1) is 0 Å². The van der Waals surface area contributed by atoms with E-state index in [2.05, 4.69) is 33.0 Å². The molecule has 0 aliphatic carbocycles. The van der Waals surface area contributed by atoms with Gasteiger partial charge in [-0.3, -0.25) is 0 Å². The number of piperazine rings is 1. The Morgan fingerprint density at radius 2 is 1.71 bits per heavy atom. The van der Waals surface area contributed by atoms with Crippen LogP contribution in [0.5, 0.6) is 0 Å². The summed E-state index contributed by atoms with van der Waals surface area (Å²) < 4.78 is 7.33. The molecule has 0 saturated carbocycles. The normalized spacial score (nSPS) is 14.5. The number of benzene rings is 2. The van der Waals surface area contributed by atoms with Crippen molar-refractivity contribution in [1.82, 2.24) is 9.47 Å². The monoisotopic (exact) mass is 378 g/mol. The lowest BCUT2D eigenvalue weighted by Gasteiger charge is -2.36. The highest BCUT2D eigenvalue weighted by molar-refractivity contribution is 6.01. The smallest absolute Gasteiger partial charge is 0.322 e. The molecule has 6 heteroatoms. The maximum absolute atomic E-state index is 12.8. The molecule has 0 atom stereocenters. The van der Waals surface area contributed by atoms with Crippen LogP contribution in [0.1, 0.15) is 0 Å². The first-order valence-electron chi connectivity index (χ1n) is 9.69. The van der Waals surface area contributed by atoms with Gasteiger partial charge in [-0.1, -0.05) is 36.4 Å². The number of nitrogens with one attached hydrogen (secondary N) is 1. The summed E-state index contributed by atoms with van der Waals surface area (Å²) in [5, 5.41) is 4.16. The third-order valence-electron chi connectivity index (χ3n) is 5.25. The first-order chi connectivity index (χ1) is 13.8. The highest BCUT2D eigenvalue weighted by Gasteiger charge is 2.22. The lowest BCUT2D eigenvalue weighted by Crippen LogP contribution is -2.50. The first-order valence-corrected chi connectivity index (χ1v) is 9.69. The number of aromatic nitrogens is 1. The van der Waals surface area contributed by atoms with Gasteiger partial charge in [0.2, 0.25) is 0 Å². The van der Waals surface area contributed by atoms with Crippen molar-refractivity contribution in [2.75, 3.05) is 50.1 Å². The van der Waals surface area contributed by atoms with Crippen LogP contribution >= 0.6 is 0 Å². The molecular formula is C22H26N4O2. The molecule has 1 aliphatic rings. The quantitative estimate of drug-likeness (QED) is 0.737. The maximum Gasteiger partial charge on any atom is 0.322 e. The van der Waals surface area contributed by atoms with Crippen molar-refractivity contribution in [2.24, 2.45) is 0 Å². The predicted molar refractivity (Wildman–Crippen MR) is 113 cm³/mol. The summed E-state index contributed by atoms with van der Waals surface area (Å²) in [4.78, 5) is 17.0. The minimum absolute atomic E-state index is 0.0395. The number of hydrogen-bond acceptors (Lipinski definition) is 3. The Bertz CT molecular complexity index is 930. The average Bonchev–Trinajstić information content (AvgIpc) is 3.10. The molecular weight excluding hydrogens is 352 g/mol. The third kappa shape index (κ3) is 3.82. The summed E-state index contributed by atoms with van der Waals surface area (Å²) in [5.74, 6) is 0. The van der Waals surface area contributed by atoms with Crippen molar-refractivity contribution >= 4 is 28.3 Å². The predicted octanol–water partition coefficient (Wildman–Crippen LogP) is 3.64. The van der Waals surface area contributed by atoms with E-state index in [0.29, 0.717) is 19.7 Å². The van der Waals surface area contributed by atoms with E-state index >= 15 is 0 Å². The minimum atomic E-state index is -0.0395. The summed E-state index contributed by atoms with van der Waals surface area (Å²) >= 11 is 0. The van der Waals surface area contributed by atoms with Crippen molar-refractivity contribution in [3.63, 3.8) is 0 Å². The number of amides is 2. The number of urea groups is 1. The SMILES string of the molecule is COCCn1cc(NC(=O)N2CCN(c3ccccc3)CC2)c2ccccc21. The Balaban J connectivity index is 1.43. The molecule has 0 unspecified atom stereocenters. The van der Waals surface area contributed by atoms with Crippen molar-refractivity contribution in [2.45, 2.75) is 6.54 Å². The van der Waals surface area contributed by atoms with Gasteiger partial charge < -0.3 is 24.4 Å². The molecule has 0 spiro atoms. The van der Waals surface area contributed by atoms with Gasteiger partial charge in [0.25, 0.3) is 0 Å². The van der Waals surface area contributed by atoms with Gasteiger partial charge >= 0.3 is 6.03 Å². The topological polar surface area (TPSA) is 49.7 Å². The second-order valence-electron chi connectivity index (χ2n) is 6.99. The van der Waals surface area contributed by atoms with Crippen molar-refractivity contribution in [3.05, 3.63) is 60.8 Å². The lowest BCUT2D eigenvalue weighted by molar-refractivity contribution is 0.188. The number of carbonyl (C=O) groups excluding carboxylic acids is 1. The standard InChI is InChI=1S/C22H26N4O2/c1-28-16-15-26-17-20(19-9-5-6-10-21(19)26)23-22(27)25-13-11-24(12-14-25)18-7-3-2-4-8-18/h2-10,17H,11-16H2,1H3,(H,23,27). The summed E-state index contributed by atoms with van der Waals surface area (Å²) in [5.41, 5.74) is 3.16. The molecule has 0 bridgehead atoms. The molecule has 1 saturated heterocycles. The number of nitrogens with zero attached hydrogens (tertiary/aromatic N) is 3. The second-order valence-corrected chi connectivity index (χ2v) is 6.99. The molecule has 2 aromatic carbocycles. The van der Waals surface area contributed by atoms with E-state index in [9.17, 15) is 4.79 Å². The van der Waals surface area contributed by atoms with Gasteiger partial charge in [-0.25, -0.2) is 4.79 Å². The van der Waals surface area contributed by atoms with Crippen LogP contribution in [0, 0.1) is 0 Å². The Morgan fingerprint density at radius 1 is 1.00 bits per heavy atom. The van der Waals surface area contributed by atoms with E-state index in [1.165, 1.54) is 5.69 Å². The fourth-order valence-electron chi connectivity index (χ4n) is 3.72. The highest BCUT2D eigenvalue weighted by Crippen LogP contribution is 2.26. The van der Waals surface area contributed by atoms with Crippen LogP contribution in [0.15, 0.2) is 60.8 Å². The number of carbonyl (C=O) groups is 1. The minimum Gasteiger partial charge on any atom is -0.383 e. The highest BCUT2D eigenvalue weighted by atomic mass is 16.5. The Kier molecular flexibility index (Phi) is 5.48. The van der Waals surface area contributed by atoms with Gasteiger partial charge in [0.05, 0.1) is 17.8 Å². The van der Waals surface area contributed by atoms with Gasteiger partial charge in [-0.2, -0.15) is 0 Å². The van der Waals surface area contributed by atoms with Crippen LogP contribution in [-0.4, -0.2) is 55.4 Å². The van der Waals surface area contributed by atoms with Gasteiger partial charge in [-0.05, 0) is 18.2 Å². The zero-order valence-corrected chi connectivity index (χ0v) is 16.2. The van der Waals surface area contributed by atoms with Crippen molar-refractivity contribution < 1.29 is 9.53 Å². The van der Waals surface area contributed by atoms with E-state index in [4.69, 9.17) is 4.74 Å². The number of anilines is 2. The van der Waals surface area contributed by atoms with E-state index in [0.717, 1.165) is 36.2 Å². The van der Waals surface area contributed by atoms with Gasteiger partial charge in [0.1, 0.15) is 0 Å². The summed E-state index contributed by atoms with van der Waals surface area (Å²) in [6, 6.07) is 18.4. The molecule has 146 valence electrons. The fraction of sp³-hybridized carbons (Fsp3) is 0.318. The number of ether oxygens (including phenoxy) is 1. The lowest BCUT2D eigenvalue weighted by atomic mass is 10.2. The van der Waals surface area contributed by atoms with E-state index in [-0.39, 0.29) is 6.03 Å². The zero-order chi connectivity index (χ0) is 19.3. The van der Waals surface area contributed by atoms with Crippen LogP contribution in [0.25, 0.3) is 10.9 Å². The van der Waals surface area contributed by atoms with Crippen LogP contribution < -0.4 is 10.2 Å². The molecule has 2 heterocycles. The van der Waals surface area contributed by atoms with Gasteiger partial charge in [0.15, 0.2) is 0 Å². The summed E-state index contributed by atoms with van der Waals surface area (Å²) in [6.07, 6.45) is 2.00. The molecule has 4 rings (SSSR count). The largest absolute Gasteiger partial charge is 0.383 e. The molecule has 3 aromatic rings. The average molecular weight is 378 g/mol. The van der Waals surface area contributed by atoms with Crippen LogP contribution in [-0.2, 0) is 11.3 Å². The zero-order valence-electron chi connectivity index (χ0n) is 16.2. The molecule has 1 fully saturated rings. The number of methoxy groups -OCH3 is 1. The van der Waals surface area contributed by atoms with Crippen molar-refractivity contribution in [3.8, 4) is 0 Å². The molecule has 1 aliphatic heterocycles. The molecule has 1 aromatic heterocycles. The van der Waals surface area contributed by atoms with E-state index < -0.39 is 0 Å². The third-order valence-corrected chi connectivity index (χ3v) is 5.25. The Morgan fingerprint density at radius 3 is 2.46 bits per heavy atom. The molecule has 2 amide bonds. The molecule has 6 nitrogen and oxygen atoms in total. The summed E-state index contributed by atoms with van der Waals surface area (Å²) in [7, 11) is 1.70. The molecule has 0 radical (unpaired) electrons. The van der Waals surface area contributed by atoms with Crippen LogP contribution in [0.3, 0.4) is 0 Å².